The van der Waals surface area contributed by atoms with E-state index in [-0.39, 0.29) is 30.9 Å². The molecule has 0 aliphatic carbocycles. The Bertz CT molecular complexity index is 782. The summed E-state index contributed by atoms with van der Waals surface area (Å²) >= 11 is 0. The third-order valence-electron chi connectivity index (χ3n) is 5.42. The fourth-order valence-corrected chi connectivity index (χ4v) is 3.96. The lowest BCUT2D eigenvalue weighted by Gasteiger charge is -2.40. The SMILES string of the molecule is O=C(NC[C@H]1O[C@@H](CO)[C@@H](O)[C@H]1N1CCN(c2ncccn2)CC1)c1ccco1. The average Bonchev–Trinajstić information content (AvgIpc) is 3.41. The second-order valence-corrected chi connectivity index (χ2v) is 7.14. The van der Waals surface area contributed by atoms with Crippen LogP contribution in [0, 0.1) is 0 Å². The number of rotatable bonds is 6. The highest BCUT2D eigenvalue weighted by molar-refractivity contribution is 5.91. The Morgan fingerprint density at radius 1 is 1.17 bits per heavy atom. The molecule has 0 unspecified atom stereocenters. The molecule has 4 heterocycles. The number of anilines is 1. The molecule has 10 nitrogen and oxygen atoms in total. The first-order chi connectivity index (χ1) is 14.2. The Labute approximate surface area is 168 Å². The van der Waals surface area contributed by atoms with Gasteiger partial charge in [-0.2, -0.15) is 0 Å². The largest absolute Gasteiger partial charge is 0.459 e. The smallest absolute Gasteiger partial charge is 0.287 e. The van der Waals surface area contributed by atoms with Crippen LogP contribution < -0.4 is 10.2 Å². The molecule has 4 rings (SSSR count). The van der Waals surface area contributed by atoms with Gasteiger partial charge in [-0.05, 0) is 18.2 Å². The minimum absolute atomic E-state index is 0.208. The summed E-state index contributed by atoms with van der Waals surface area (Å²) < 4.78 is 10.9. The summed E-state index contributed by atoms with van der Waals surface area (Å²) in [6.07, 6.45) is 2.90. The van der Waals surface area contributed by atoms with Gasteiger partial charge in [0.25, 0.3) is 5.91 Å². The molecule has 10 heteroatoms. The number of nitrogens with one attached hydrogen (secondary N) is 1. The van der Waals surface area contributed by atoms with Crippen molar-refractivity contribution in [3.63, 3.8) is 0 Å². The van der Waals surface area contributed by atoms with E-state index in [0.717, 1.165) is 0 Å². The topological polar surface area (TPSA) is 124 Å². The molecule has 4 atom stereocenters. The molecule has 2 aromatic heterocycles. The normalized spacial score (nSPS) is 27.9. The minimum atomic E-state index is -0.843. The highest BCUT2D eigenvalue weighted by Crippen LogP contribution is 2.27. The van der Waals surface area contributed by atoms with Gasteiger partial charge in [0, 0.05) is 45.1 Å². The summed E-state index contributed by atoms with van der Waals surface area (Å²) in [7, 11) is 0. The number of carbonyl (C=O) groups excluding carboxylic acids is 1. The van der Waals surface area contributed by atoms with Crippen LogP contribution in [-0.2, 0) is 4.74 Å². The molecular weight excluding hydrogens is 378 g/mol. The zero-order valence-corrected chi connectivity index (χ0v) is 15.9. The number of aromatic nitrogens is 2. The van der Waals surface area contributed by atoms with Gasteiger partial charge in [0.1, 0.15) is 12.2 Å². The number of carbonyl (C=O) groups is 1. The molecule has 2 fully saturated rings. The Morgan fingerprint density at radius 3 is 2.59 bits per heavy atom. The number of piperazine rings is 1. The van der Waals surface area contributed by atoms with Gasteiger partial charge in [-0.3, -0.25) is 9.69 Å². The first kappa shape index (κ1) is 19.8. The summed E-state index contributed by atoms with van der Waals surface area (Å²) in [4.78, 5) is 25.0. The third-order valence-corrected chi connectivity index (χ3v) is 5.42. The van der Waals surface area contributed by atoms with Crippen LogP contribution in [0.3, 0.4) is 0 Å². The number of ether oxygens (including phenoxy) is 1. The number of hydrogen-bond acceptors (Lipinski definition) is 9. The Balaban J connectivity index is 1.39. The van der Waals surface area contributed by atoms with Crippen LogP contribution in [0.5, 0.6) is 0 Å². The lowest BCUT2D eigenvalue weighted by atomic mass is 10.0. The maximum absolute atomic E-state index is 12.2. The third kappa shape index (κ3) is 4.25. The highest BCUT2D eigenvalue weighted by atomic mass is 16.5. The number of amides is 1. The molecule has 0 saturated carbocycles. The molecule has 3 N–H and O–H groups in total. The van der Waals surface area contributed by atoms with Crippen molar-refractivity contribution < 1.29 is 24.2 Å². The second kappa shape index (κ2) is 8.87. The maximum atomic E-state index is 12.2. The molecule has 1 amide bonds. The minimum Gasteiger partial charge on any atom is -0.459 e. The van der Waals surface area contributed by atoms with E-state index >= 15 is 0 Å². The lowest BCUT2D eigenvalue weighted by Crippen LogP contribution is -2.57. The molecule has 0 radical (unpaired) electrons. The van der Waals surface area contributed by atoms with Crippen molar-refractivity contribution in [2.24, 2.45) is 0 Å². The fraction of sp³-hybridized carbons (Fsp3) is 0.526. The van der Waals surface area contributed by atoms with Crippen LogP contribution in [0.15, 0.2) is 41.3 Å². The van der Waals surface area contributed by atoms with Crippen LogP contribution in [0.2, 0.25) is 0 Å². The van der Waals surface area contributed by atoms with Gasteiger partial charge in [-0.25, -0.2) is 9.97 Å². The van der Waals surface area contributed by atoms with E-state index < -0.39 is 18.3 Å². The van der Waals surface area contributed by atoms with Crippen molar-refractivity contribution in [3.05, 3.63) is 42.6 Å². The fourth-order valence-electron chi connectivity index (χ4n) is 3.96. The number of aliphatic hydroxyl groups excluding tert-OH is 2. The van der Waals surface area contributed by atoms with Crippen LogP contribution in [0.1, 0.15) is 10.6 Å². The van der Waals surface area contributed by atoms with E-state index in [1.165, 1.54) is 6.26 Å². The molecule has 2 aliphatic heterocycles. The molecule has 2 aliphatic rings. The summed E-state index contributed by atoms with van der Waals surface area (Å²) in [5, 5.41) is 23.1. The van der Waals surface area contributed by atoms with Crippen LogP contribution in [0.4, 0.5) is 5.95 Å². The number of hydrogen-bond donors (Lipinski definition) is 3. The first-order valence-corrected chi connectivity index (χ1v) is 9.69. The second-order valence-electron chi connectivity index (χ2n) is 7.14. The quantitative estimate of drug-likeness (QED) is 0.563. The summed E-state index contributed by atoms with van der Waals surface area (Å²) in [6.45, 7) is 2.72. The van der Waals surface area contributed by atoms with Crippen molar-refractivity contribution in [2.45, 2.75) is 24.4 Å². The Morgan fingerprint density at radius 2 is 1.93 bits per heavy atom. The molecule has 0 aromatic carbocycles. The van der Waals surface area contributed by atoms with E-state index in [9.17, 15) is 15.0 Å². The van der Waals surface area contributed by atoms with Crippen LogP contribution >= 0.6 is 0 Å². The van der Waals surface area contributed by atoms with Crippen molar-refractivity contribution in [3.8, 4) is 0 Å². The Kier molecular flexibility index (Phi) is 6.05. The van der Waals surface area contributed by atoms with Gasteiger partial charge in [0.05, 0.1) is 25.0 Å². The number of aliphatic hydroxyl groups is 2. The van der Waals surface area contributed by atoms with Gasteiger partial charge in [-0.1, -0.05) is 0 Å². The number of nitrogens with zero attached hydrogens (tertiary/aromatic N) is 4. The zero-order chi connectivity index (χ0) is 20.2. The lowest BCUT2D eigenvalue weighted by molar-refractivity contribution is -0.0209. The molecular formula is C19H25N5O5. The predicted octanol–water partition coefficient (Wildman–Crippen LogP) is -0.889. The molecule has 2 aromatic rings. The molecule has 2 saturated heterocycles. The highest BCUT2D eigenvalue weighted by Gasteiger charge is 2.46. The standard InChI is InChI=1S/C19H25N5O5/c25-12-15-17(26)16(14(29-15)11-22-18(27)13-3-1-10-28-13)23-6-8-24(9-7-23)19-20-4-2-5-21-19/h1-5,10,14-17,25-26H,6-9,11-12H2,(H,22,27)/t14-,15+,16+,17-/m1/s1. The molecule has 0 spiro atoms. The van der Waals surface area contributed by atoms with Crippen LogP contribution in [-0.4, -0.2) is 94.7 Å². The first-order valence-electron chi connectivity index (χ1n) is 9.69. The van der Waals surface area contributed by atoms with Gasteiger partial charge in [0.15, 0.2) is 5.76 Å². The predicted molar refractivity (Wildman–Crippen MR) is 102 cm³/mol. The van der Waals surface area contributed by atoms with Gasteiger partial charge >= 0.3 is 0 Å². The van der Waals surface area contributed by atoms with E-state index in [1.54, 1.807) is 30.6 Å². The van der Waals surface area contributed by atoms with Crippen molar-refractivity contribution in [2.75, 3.05) is 44.2 Å². The molecule has 0 bridgehead atoms. The van der Waals surface area contributed by atoms with Crippen LogP contribution in [0.25, 0.3) is 0 Å². The summed E-state index contributed by atoms with van der Waals surface area (Å²) in [6, 6.07) is 4.68. The van der Waals surface area contributed by atoms with E-state index in [2.05, 4.69) is 25.1 Å². The van der Waals surface area contributed by atoms with Crippen molar-refractivity contribution in [1.82, 2.24) is 20.2 Å². The zero-order valence-electron chi connectivity index (χ0n) is 15.9. The monoisotopic (exact) mass is 403 g/mol. The van der Waals surface area contributed by atoms with Gasteiger partial charge in [0.2, 0.25) is 5.95 Å². The van der Waals surface area contributed by atoms with Crippen molar-refractivity contribution in [1.29, 1.82) is 0 Å². The Hall–Kier alpha value is -2.53. The average molecular weight is 403 g/mol. The maximum Gasteiger partial charge on any atom is 0.287 e. The summed E-state index contributed by atoms with van der Waals surface area (Å²) in [5.41, 5.74) is 0. The number of furan rings is 1. The molecule has 156 valence electrons. The van der Waals surface area contributed by atoms with E-state index in [0.29, 0.717) is 32.1 Å². The van der Waals surface area contributed by atoms with E-state index in [4.69, 9.17) is 9.15 Å². The summed E-state index contributed by atoms with van der Waals surface area (Å²) in [5.74, 6) is 0.562. The van der Waals surface area contributed by atoms with E-state index in [1.807, 2.05) is 0 Å². The van der Waals surface area contributed by atoms with Gasteiger partial charge in [-0.15, -0.1) is 0 Å². The molecule has 29 heavy (non-hydrogen) atoms. The van der Waals surface area contributed by atoms with Gasteiger partial charge < -0.3 is 29.6 Å². The van der Waals surface area contributed by atoms with Crippen molar-refractivity contribution >= 4 is 11.9 Å².